The van der Waals surface area contributed by atoms with E-state index in [-0.39, 0.29) is 17.9 Å². The van der Waals surface area contributed by atoms with Gasteiger partial charge in [-0.25, -0.2) is 4.68 Å². The quantitative estimate of drug-likeness (QED) is 0.891. The first-order chi connectivity index (χ1) is 12.7. The zero-order valence-corrected chi connectivity index (χ0v) is 15.0. The number of ether oxygens (including phenoxy) is 1. The third-order valence-electron chi connectivity index (χ3n) is 5.71. The average molecular weight is 354 g/mol. The second-order valence-electron chi connectivity index (χ2n) is 7.32. The Morgan fingerprint density at radius 2 is 1.92 bits per heavy atom. The van der Waals surface area contributed by atoms with Crippen LogP contribution in [0.25, 0.3) is 5.69 Å². The Hall–Kier alpha value is -2.18. The van der Waals surface area contributed by atoms with Crippen molar-refractivity contribution in [3.05, 3.63) is 48.3 Å². The van der Waals surface area contributed by atoms with Crippen molar-refractivity contribution in [1.82, 2.24) is 14.7 Å². The van der Waals surface area contributed by atoms with Gasteiger partial charge in [-0.2, -0.15) is 5.10 Å². The first kappa shape index (κ1) is 17.2. The highest BCUT2D eigenvalue weighted by Gasteiger charge is 2.39. The van der Waals surface area contributed by atoms with Gasteiger partial charge in [0.1, 0.15) is 0 Å². The number of aromatic nitrogens is 2. The number of nitrogens with zero attached hydrogens (tertiary/aromatic N) is 3. The van der Waals surface area contributed by atoms with Gasteiger partial charge in [0, 0.05) is 19.3 Å². The van der Waals surface area contributed by atoms with Crippen molar-refractivity contribution in [3.8, 4) is 5.69 Å². The molecule has 3 heterocycles. The summed E-state index contributed by atoms with van der Waals surface area (Å²) in [5, 5.41) is 4.48. The van der Waals surface area contributed by atoms with Crippen LogP contribution in [0.4, 0.5) is 0 Å². The molecule has 1 aromatic heterocycles. The number of benzene rings is 1. The number of piperidine rings is 1. The summed E-state index contributed by atoms with van der Waals surface area (Å²) in [4.78, 5) is 14.1. The first-order valence-electron chi connectivity index (χ1n) is 9.44. The van der Waals surface area contributed by atoms with E-state index in [1.807, 2.05) is 29.1 Å². The number of carbonyl (C=O) groups is 1. The Balaban J connectivity index is 1.37. The van der Waals surface area contributed by atoms with Crippen molar-refractivity contribution in [3.63, 3.8) is 0 Å². The van der Waals surface area contributed by atoms with Gasteiger partial charge in [-0.05, 0) is 56.5 Å². The molecule has 2 aromatic rings. The first-order valence-corrected chi connectivity index (χ1v) is 9.44. The van der Waals surface area contributed by atoms with Crippen LogP contribution in [0.5, 0.6) is 0 Å². The van der Waals surface area contributed by atoms with Crippen LogP contribution in [0.15, 0.2) is 42.6 Å². The molecule has 1 amide bonds. The van der Waals surface area contributed by atoms with Crippen LogP contribution < -0.4 is 5.73 Å². The third kappa shape index (κ3) is 3.52. The van der Waals surface area contributed by atoms with Crippen molar-refractivity contribution in [1.29, 1.82) is 0 Å². The van der Waals surface area contributed by atoms with E-state index >= 15 is 0 Å². The van der Waals surface area contributed by atoms with Crippen LogP contribution in [0.3, 0.4) is 0 Å². The highest BCUT2D eigenvalue weighted by Crippen LogP contribution is 2.33. The molecule has 2 atom stereocenters. The lowest BCUT2D eigenvalue weighted by Crippen LogP contribution is -2.42. The predicted molar refractivity (Wildman–Crippen MR) is 98.6 cm³/mol. The predicted octanol–water partition coefficient (Wildman–Crippen LogP) is 1.97. The summed E-state index contributed by atoms with van der Waals surface area (Å²) in [5.74, 6) is 0.123. The second-order valence-corrected chi connectivity index (χ2v) is 7.32. The SMILES string of the molecule is NC(=O)[C@H]1CCO[C@@H]1C1CCN(Cc2ccnn2-c2ccccc2)CC1. The van der Waals surface area contributed by atoms with Gasteiger partial charge >= 0.3 is 0 Å². The fourth-order valence-corrected chi connectivity index (χ4v) is 4.30. The van der Waals surface area contributed by atoms with E-state index in [4.69, 9.17) is 10.5 Å². The molecule has 2 N–H and O–H groups in total. The van der Waals surface area contributed by atoms with Crippen LogP contribution in [0.2, 0.25) is 0 Å². The standard InChI is InChI=1S/C20H26N4O2/c21-20(25)18-9-13-26-19(18)15-7-11-23(12-8-15)14-17-6-10-22-24(17)16-4-2-1-3-5-16/h1-6,10,15,18-19H,7-9,11-14H2,(H2,21,25)/t18-,19+/m0/s1. The molecule has 0 unspecified atom stereocenters. The van der Waals surface area contributed by atoms with Crippen molar-refractivity contribution in [2.24, 2.45) is 17.6 Å². The Morgan fingerprint density at radius 1 is 1.15 bits per heavy atom. The van der Waals surface area contributed by atoms with Crippen molar-refractivity contribution < 1.29 is 9.53 Å². The Morgan fingerprint density at radius 3 is 2.65 bits per heavy atom. The van der Waals surface area contributed by atoms with Crippen molar-refractivity contribution in [2.45, 2.75) is 31.9 Å². The molecule has 1 aromatic carbocycles. The minimum absolute atomic E-state index is 0.0181. The molecular weight excluding hydrogens is 328 g/mol. The molecule has 2 saturated heterocycles. The Bertz CT molecular complexity index is 737. The smallest absolute Gasteiger partial charge is 0.223 e. The van der Waals surface area contributed by atoms with Crippen LogP contribution in [-0.2, 0) is 16.1 Å². The molecule has 2 fully saturated rings. The van der Waals surface area contributed by atoms with Crippen molar-refractivity contribution >= 4 is 5.91 Å². The third-order valence-corrected chi connectivity index (χ3v) is 5.71. The number of para-hydroxylation sites is 1. The molecule has 6 heteroatoms. The molecule has 2 aliphatic rings. The maximum absolute atomic E-state index is 11.6. The van der Waals surface area contributed by atoms with Crippen LogP contribution >= 0.6 is 0 Å². The Labute approximate surface area is 153 Å². The normalized spacial score (nSPS) is 24.8. The molecule has 4 rings (SSSR count). The van der Waals surface area contributed by atoms with E-state index in [0.29, 0.717) is 12.5 Å². The highest BCUT2D eigenvalue weighted by atomic mass is 16.5. The molecule has 0 aliphatic carbocycles. The zero-order chi connectivity index (χ0) is 17.9. The number of amides is 1. The second kappa shape index (κ2) is 7.60. The maximum Gasteiger partial charge on any atom is 0.223 e. The molecule has 0 bridgehead atoms. The highest BCUT2D eigenvalue weighted by molar-refractivity contribution is 5.77. The number of primary amides is 1. The largest absolute Gasteiger partial charge is 0.377 e. The summed E-state index contributed by atoms with van der Waals surface area (Å²) in [7, 11) is 0. The molecule has 0 radical (unpaired) electrons. The lowest BCUT2D eigenvalue weighted by molar-refractivity contribution is -0.124. The van der Waals surface area contributed by atoms with Gasteiger partial charge in [0.05, 0.1) is 23.4 Å². The van der Waals surface area contributed by atoms with Crippen LogP contribution in [0, 0.1) is 11.8 Å². The van der Waals surface area contributed by atoms with Crippen molar-refractivity contribution in [2.75, 3.05) is 19.7 Å². The van der Waals surface area contributed by atoms with E-state index in [1.165, 1.54) is 5.69 Å². The van der Waals surface area contributed by atoms with E-state index in [0.717, 1.165) is 44.6 Å². The van der Waals surface area contributed by atoms with Gasteiger partial charge in [0.25, 0.3) is 0 Å². The van der Waals surface area contributed by atoms with Gasteiger partial charge in [-0.3, -0.25) is 9.69 Å². The molecule has 0 spiro atoms. The molecule has 6 nitrogen and oxygen atoms in total. The fraction of sp³-hybridized carbons (Fsp3) is 0.500. The maximum atomic E-state index is 11.6. The number of rotatable bonds is 5. The summed E-state index contributed by atoms with van der Waals surface area (Å²) >= 11 is 0. The summed E-state index contributed by atoms with van der Waals surface area (Å²) in [6, 6.07) is 12.3. The van der Waals surface area contributed by atoms with E-state index in [2.05, 4.69) is 28.2 Å². The van der Waals surface area contributed by atoms with Gasteiger partial charge in [-0.15, -0.1) is 0 Å². The molecule has 0 saturated carbocycles. The summed E-state index contributed by atoms with van der Waals surface area (Å²) in [5.41, 5.74) is 7.83. The van der Waals surface area contributed by atoms with Gasteiger partial charge in [0.2, 0.25) is 5.91 Å². The molecule has 26 heavy (non-hydrogen) atoms. The lowest BCUT2D eigenvalue weighted by Gasteiger charge is -2.35. The minimum Gasteiger partial charge on any atom is -0.377 e. The molecular formula is C20H26N4O2. The van der Waals surface area contributed by atoms with Gasteiger partial charge in [-0.1, -0.05) is 18.2 Å². The van der Waals surface area contributed by atoms with Crippen LogP contribution in [0.1, 0.15) is 25.0 Å². The summed E-state index contributed by atoms with van der Waals surface area (Å²) < 4.78 is 7.86. The van der Waals surface area contributed by atoms with E-state index in [1.54, 1.807) is 0 Å². The number of hydrogen-bond donors (Lipinski definition) is 1. The number of nitrogens with two attached hydrogens (primary N) is 1. The summed E-state index contributed by atoms with van der Waals surface area (Å²) in [6.45, 7) is 3.56. The molecule has 2 aliphatic heterocycles. The van der Waals surface area contributed by atoms with E-state index < -0.39 is 0 Å². The minimum atomic E-state index is -0.207. The van der Waals surface area contributed by atoms with Gasteiger partial charge < -0.3 is 10.5 Å². The zero-order valence-electron chi connectivity index (χ0n) is 15.0. The molecule has 138 valence electrons. The topological polar surface area (TPSA) is 73.4 Å². The Kier molecular flexibility index (Phi) is 5.04. The summed E-state index contributed by atoms with van der Waals surface area (Å²) in [6.07, 6.45) is 4.75. The van der Waals surface area contributed by atoms with Gasteiger partial charge in [0.15, 0.2) is 0 Å². The average Bonchev–Trinajstić information content (AvgIpc) is 3.32. The number of carbonyl (C=O) groups excluding carboxylic acids is 1. The fourth-order valence-electron chi connectivity index (χ4n) is 4.30. The van der Waals surface area contributed by atoms with Crippen LogP contribution in [-0.4, -0.2) is 46.4 Å². The monoisotopic (exact) mass is 354 g/mol. The number of likely N-dealkylation sites (tertiary alicyclic amines) is 1. The lowest BCUT2D eigenvalue weighted by atomic mass is 9.84. The van der Waals surface area contributed by atoms with E-state index in [9.17, 15) is 4.79 Å². The number of hydrogen-bond acceptors (Lipinski definition) is 4.